The van der Waals surface area contributed by atoms with E-state index in [2.05, 4.69) is 0 Å². The summed E-state index contributed by atoms with van der Waals surface area (Å²) in [5.74, 6) is -1.36. The van der Waals surface area contributed by atoms with Crippen molar-refractivity contribution in [1.29, 1.82) is 0 Å². The largest absolute Gasteiger partial charge is 0.481 e. The van der Waals surface area contributed by atoms with Crippen LogP contribution in [0.1, 0.15) is 25.7 Å². The normalized spacial score (nSPS) is 30.6. The number of carboxylic acid groups (broad SMARTS) is 1. The van der Waals surface area contributed by atoms with Gasteiger partial charge in [0.15, 0.2) is 0 Å². The molecule has 11 heavy (non-hydrogen) atoms. The van der Waals surface area contributed by atoms with Crippen LogP contribution in [0.15, 0.2) is 0 Å². The lowest BCUT2D eigenvalue weighted by Crippen LogP contribution is -2.30. The van der Waals surface area contributed by atoms with Crippen molar-refractivity contribution in [2.75, 3.05) is 0 Å². The van der Waals surface area contributed by atoms with Crippen LogP contribution in [-0.4, -0.2) is 22.3 Å². The van der Waals surface area contributed by atoms with Crippen LogP contribution in [0.2, 0.25) is 0 Å². The number of carbonyl (C=O) groups is 1. The first-order valence-corrected chi connectivity index (χ1v) is 3.62. The fourth-order valence-corrected chi connectivity index (χ4v) is 1.40. The van der Waals surface area contributed by atoms with E-state index in [0.29, 0.717) is 12.8 Å². The maximum atomic E-state index is 10.4. The van der Waals surface area contributed by atoms with Crippen LogP contribution in [0.25, 0.3) is 0 Å². The number of rotatable bonds is 1. The highest BCUT2D eigenvalue weighted by Crippen LogP contribution is 2.23. The molecule has 3 nitrogen and oxygen atoms in total. The molecule has 0 radical (unpaired) electrons. The van der Waals surface area contributed by atoms with Crippen LogP contribution in [0.5, 0.6) is 0 Å². The van der Waals surface area contributed by atoms with E-state index < -0.39 is 18.0 Å². The quantitative estimate of drug-likeness (QED) is 0.634. The molecule has 0 amide bonds. The Bertz CT molecular complexity index is 138. The summed E-state index contributed by atoms with van der Waals surface area (Å²) >= 11 is 0. The minimum absolute atomic E-state index is 0. The topological polar surface area (TPSA) is 57.5 Å². The molecule has 0 heterocycles. The maximum absolute atomic E-state index is 10.4. The average Bonchev–Trinajstić information content (AvgIpc) is 1.88. The van der Waals surface area contributed by atoms with E-state index in [1.165, 1.54) is 0 Å². The summed E-state index contributed by atoms with van der Waals surface area (Å²) in [7, 11) is 0. The first-order chi connectivity index (χ1) is 4.72. The Morgan fingerprint density at radius 3 is 2.18 bits per heavy atom. The van der Waals surface area contributed by atoms with Crippen molar-refractivity contribution in [3.05, 3.63) is 0 Å². The molecule has 1 rings (SSSR count). The summed E-state index contributed by atoms with van der Waals surface area (Å²) < 4.78 is 0. The van der Waals surface area contributed by atoms with Crippen molar-refractivity contribution >= 4 is 18.4 Å². The van der Waals surface area contributed by atoms with Crippen molar-refractivity contribution in [2.24, 2.45) is 5.92 Å². The highest BCUT2D eigenvalue weighted by Gasteiger charge is 2.28. The van der Waals surface area contributed by atoms with Gasteiger partial charge in [0, 0.05) is 0 Å². The second-order valence-electron chi connectivity index (χ2n) is 2.80. The molecule has 1 saturated carbocycles. The molecule has 2 unspecified atom stereocenters. The fraction of sp³-hybridized carbons (Fsp3) is 0.857. The molecular formula is C7H13ClO3. The Balaban J connectivity index is 0.000001000. The van der Waals surface area contributed by atoms with Crippen molar-refractivity contribution < 1.29 is 15.0 Å². The zero-order valence-electron chi connectivity index (χ0n) is 6.19. The number of aliphatic carboxylic acids is 1. The lowest BCUT2D eigenvalue weighted by molar-refractivity contribution is -0.147. The Kier molecular flexibility index (Phi) is 4.45. The third-order valence-corrected chi connectivity index (χ3v) is 2.05. The van der Waals surface area contributed by atoms with E-state index in [1.54, 1.807) is 0 Å². The smallest absolute Gasteiger partial charge is 0.309 e. The summed E-state index contributed by atoms with van der Waals surface area (Å²) in [4.78, 5) is 10.4. The lowest BCUT2D eigenvalue weighted by atomic mass is 9.87. The zero-order chi connectivity index (χ0) is 7.56. The van der Waals surface area contributed by atoms with E-state index in [9.17, 15) is 4.79 Å². The van der Waals surface area contributed by atoms with Crippen molar-refractivity contribution in [2.45, 2.75) is 31.8 Å². The predicted molar refractivity (Wildman–Crippen MR) is 42.8 cm³/mol. The standard InChI is InChI=1S/C7H12O3.ClH/c8-6-4-2-1-3-5(6)7(9)10;/h5-6,8H,1-4H2,(H,9,10);1H. The van der Waals surface area contributed by atoms with Gasteiger partial charge in [-0.2, -0.15) is 0 Å². The van der Waals surface area contributed by atoms with Gasteiger partial charge >= 0.3 is 5.97 Å². The summed E-state index contributed by atoms with van der Waals surface area (Å²) in [5, 5.41) is 17.7. The van der Waals surface area contributed by atoms with Crippen LogP contribution in [0, 0.1) is 5.92 Å². The summed E-state index contributed by atoms with van der Waals surface area (Å²) in [6, 6.07) is 0. The number of carboxylic acids is 1. The van der Waals surface area contributed by atoms with Gasteiger partial charge in [0.05, 0.1) is 12.0 Å². The predicted octanol–water partition coefficient (Wildman–Crippen LogP) is 1.04. The van der Waals surface area contributed by atoms with Crippen molar-refractivity contribution in [1.82, 2.24) is 0 Å². The van der Waals surface area contributed by atoms with Crippen LogP contribution in [0.4, 0.5) is 0 Å². The van der Waals surface area contributed by atoms with E-state index in [4.69, 9.17) is 10.2 Å². The Labute approximate surface area is 71.8 Å². The summed E-state index contributed by atoms with van der Waals surface area (Å²) in [6.45, 7) is 0. The second kappa shape index (κ2) is 4.57. The number of halogens is 1. The Morgan fingerprint density at radius 1 is 1.27 bits per heavy atom. The monoisotopic (exact) mass is 180 g/mol. The lowest BCUT2D eigenvalue weighted by Gasteiger charge is -2.23. The van der Waals surface area contributed by atoms with Gasteiger partial charge in [0.25, 0.3) is 0 Å². The first kappa shape index (κ1) is 10.7. The van der Waals surface area contributed by atoms with Gasteiger partial charge < -0.3 is 10.2 Å². The molecule has 0 saturated heterocycles. The molecule has 2 N–H and O–H groups in total. The van der Waals surface area contributed by atoms with Crippen LogP contribution in [-0.2, 0) is 4.79 Å². The third-order valence-electron chi connectivity index (χ3n) is 2.05. The molecule has 0 spiro atoms. The van der Waals surface area contributed by atoms with Gasteiger partial charge in [-0.3, -0.25) is 4.79 Å². The zero-order valence-corrected chi connectivity index (χ0v) is 7.01. The van der Waals surface area contributed by atoms with Gasteiger partial charge in [-0.1, -0.05) is 12.8 Å². The number of hydrogen-bond donors (Lipinski definition) is 2. The summed E-state index contributed by atoms with van der Waals surface area (Å²) in [6.07, 6.45) is 2.58. The van der Waals surface area contributed by atoms with Crippen LogP contribution in [0.3, 0.4) is 0 Å². The van der Waals surface area contributed by atoms with Gasteiger partial charge in [0.2, 0.25) is 0 Å². The molecule has 0 aromatic carbocycles. The molecule has 0 aliphatic heterocycles. The van der Waals surface area contributed by atoms with Crippen molar-refractivity contribution in [3.8, 4) is 0 Å². The molecule has 0 aromatic heterocycles. The number of hydrogen-bond acceptors (Lipinski definition) is 2. The Hall–Kier alpha value is -0.280. The second-order valence-corrected chi connectivity index (χ2v) is 2.80. The van der Waals surface area contributed by atoms with Gasteiger partial charge in [-0.05, 0) is 12.8 Å². The molecule has 1 aliphatic carbocycles. The van der Waals surface area contributed by atoms with Gasteiger partial charge in [-0.25, -0.2) is 0 Å². The third kappa shape index (κ3) is 2.67. The molecule has 4 heteroatoms. The molecule has 0 bridgehead atoms. The minimum Gasteiger partial charge on any atom is -0.481 e. The van der Waals surface area contributed by atoms with E-state index in [-0.39, 0.29) is 12.4 Å². The molecule has 1 aliphatic rings. The minimum atomic E-state index is -0.854. The highest BCUT2D eigenvalue weighted by molar-refractivity contribution is 5.85. The molecule has 1 fully saturated rings. The number of aliphatic hydroxyl groups is 1. The Morgan fingerprint density at radius 2 is 1.82 bits per heavy atom. The SMILES string of the molecule is Cl.O=C(O)C1CCCCC1O. The summed E-state index contributed by atoms with van der Waals surface area (Å²) in [5.41, 5.74) is 0. The highest BCUT2D eigenvalue weighted by atomic mass is 35.5. The first-order valence-electron chi connectivity index (χ1n) is 3.62. The van der Waals surface area contributed by atoms with Crippen molar-refractivity contribution in [3.63, 3.8) is 0 Å². The van der Waals surface area contributed by atoms with E-state index in [0.717, 1.165) is 12.8 Å². The van der Waals surface area contributed by atoms with Gasteiger partial charge in [0.1, 0.15) is 0 Å². The fourth-order valence-electron chi connectivity index (χ4n) is 1.40. The molecule has 0 aromatic rings. The molecular weight excluding hydrogens is 168 g/mol. The van der Waals surface area contributed by atoms with Crippen LogP contribution < -0.4 is 0 Å². The van der Waals surface area contributed by atoms with E-state index in [1.807, 2.05) is 0 Å². The van der Waals surface area contributed by atoms with E-state index >= 15 is 0 Å². The molecule has 66 valence electrons. The average molecular weight is 181 g/mol. The molecule has 2 atom stereocenters. The van der Waals surface area contributed by atoms with Gasteiger partial charge in [-0.15, -0.1) is 12.4 Å². The number of aliphatic hydroxyl groups excluding tert-OH is 1. The van der Waals surface area contributed by atoms with Crippen LogP contribution >= 0.6 is 12.4 Å². The maximum Gasteiger partial charge on any atom is 0.309 e.